The molecule has 0 N–H and O–H groups in total. The monoisotopic (exact) mass is 393 g/mol. The molecular weight excluding hydrogens is 378 g/mol. The predicted molar refractivity (Wildman–Crippen MR) is 112 cm³/mol. The van der Waals surface area contributed by atoms with Crippen molar-refractivity contribution in [2.75, 3.05) is 12.0 Å². The van der Waals surface area contributed by atoms with Gasteiger partial charge in [-0.3, -0.25) is 9.69 Å². The van der Waals surface area contributed by atoms with Crippen molar-refractivity contribution in [3.63, 3.8) is 0 Å². The maximum atomic E-state index is 13.1. The summed E-state index contributed by atoms with van der Waals surface area (Å²) in [6.07, 6.45) is 3.54. The van der Waals surface area contributed by atoms with Gasteiger partial charge in [-0.05, 0) is 36.0 Å². The van der Waals surface area contributed by atoms with E-state index in [0.29, 0.717) is 15.2 Å². The highest BCUT2D eigenvalue weighted by Gasteiger charge is 2.35. The molecule has 1 aliphatic heterocycles. The van der Waals surface area contributed by atoms with Gasteiger partial charge in [0.15, 0.2) is 5.17 Å². The van der Waals surface area contributed by atoms with Gasteiger partial charge in [-0.1, -0.05) is 36.4 Å². The Balaban J connectivity index is 1.78. The summed E-state index contributed by atoms with van der Waals surface area (Å²) < 4.78 is 5.40. The van der Waals surface area contributed by atoms with E-state index in [1.165, 1.54) is 23.1 Å². The van der Waals surface area contributed by atoms with E-state index in [2.05, 4.69) is 9.98 Å². The van der Waals surface area contributed by atoms with Crippen molar-refractivity contribution in [1.29, 1.82) is 0 Å². The highest BCUT2D eigenvalue weighted by Crippen LogP contribution is 2.38. The summed E-state index contributed by atoms with van der Waals surface area (Å²) in [4.78, 5) is 24.1. The van der Waals surface area contributed by atoms with Gasteiger partial charge in [0, 0.05) is 17.1 Å². The number of para-hydroxylation sites is 2. The number of carbonyl (C=O) groups is 1. The van der Waals surface area contributed by atoms with Crippen LogP contribution >= 0.6 is 23.1 Å². The van der Waals surface area contributed by atoms with Crippen molar-refractivity contribution >= 4 is 51.1 Å². The summed E-state index contributed by atoms with van der Waals surface area (Å²) in [6.45, 7) is 0. The van der Waals surface area contributed by atoms with E-state index in [9.17, 15) is 4.79 Å². The summed E-state index contributed by atoms with van der Waals surface area (Å²) in [5, 5.41) is 3.06. The molecule has 7 heteroatoms. The van der Waals surface area contributed by atoms with Gasteiger partial charge in [0.2, 0.25) is 5.13 Å². The van der Waals surface area contributed by atoms with Crippen molar-refractivity contribution in [1.82, 2.24) is 4.98 Å². The Morgan fingerprint density at radius 1 is 1.11 bits per heavy atom. The van der Waals surface area contributed by atoms with E-state index in [0.717, 1.165) is 17.0 Å². The molecule has 134 valence electrons. The van der Waals surface area contributed by atoms with Crippen LogP contribution in [0.4, 0.5) is 10.8 Å². The predicted octanol–water partition coefficient (Wildman–Crippen LogP) is 4.96. The lowest BCUT2D eigenvalue weighted by Crippen LogP contribution is -2.28. The maximum absolute atomic E-state index is 13.1. The van der Waals surface area contributed by atoms with Crippen LogP contribution in [0.25, 0.3) is 6.08 Å². The molecule has 2 aromatic carbocycles. The number of carbonyl (C=O) groups excluding carboxylic acids is 1. The highest BCUT2D eigenvalue weighted by molar-refractivity contribution is 8.19. The van der Waals surface area contributed by atoms with Gasteiger partial charge in [0.1, 0.15) is 5.75 Å². The number of amides is 1. The molecule has 0 bridgehead atoms. The molecule has 0 saturated carbocycles. The fourth-order valence-corrected chi connectivity index (χ4v) is 4.17. The van der Waals surface area contributed by atoms with E-state index in [4.69, 9.17) is 4.74 Å². The number of hydrogen-bond donors (Lipinski definition) is 0. The average molecular weight is 393 g/mol. The van der Waals surface area contributed by atoms with Crippen molar-refractivity contribution in [2.24, 2.45) is 4.99 Å². The third kappa shape index (κ3) is 3.65. The Morgan fingerprint density at radius 2 is 1.89 bits per heavy atom. The normalized spacial score (nSPS) is 17.1. The molecule has 1 aliphatic rings. The molecule has 1 fully saturated rings. The van der Waals surface area contributed by atoms with E-state index >= 15 is 0 Å². The summed E-state index contributed by atoms with van der Waals surface area (Å²) in [7, 11) is 1.62. The van der Waals surface area contributed by atoms with Gasteiger partial charge < -0.3 is 4.74 Å². The van der Waals surface area contributed by atoms with Crippen LogP contribution in [0.5, 0.6) is 5.75 Å². The first-order valence-corrected chi connectivity index (χ1v) is 9.86. The molecule has 0 unspecified atom stereocenters. The van der Waals surface area contributed by atoms with Crippen LogP contribution in [0.2, 0.25) is 0 Å². The van der Waals surface area contributed by atoms with Gasteiger partial charge in [-0.15, -0.1) is 11.3 Å². The number of rotatable bonds is 4. The molecule has 1 saturated heterocycles. The van der Waals surface area contributed by atoms with Gasteiger partial charge >= 0.3 is 0 Å². The number of thioether (sulfide) groups is 1. The SMILES string of the molecule is COc1ccccc1/C=C1\S/C(=N/c2nccs2)N(c2ccccc2)C1=O. The number of aromatic nitrogens is 1. The molecule has 2 heterocycles. The highest BCUT2D eigenvalue weighted by atomic mass is 32.2. The van der Waals surface area contributed by atoms with Gasteiger partial charge in [0.25, 0.3) is 5.91 Å². The molecule has 1 amide bonds. The Labute approximate surface area is 165 Å². The minimum atomic E-state index is -0.118. The lowest BCUT2D eigenvalue weighted by molar-refractivity contribution is -0.113. The average Bonchev–Trinajstić information content (AvgIpc) is 3.31. The second kappa shape index (κ2) is 7.77. The molecule has 1 aromatic heterocycles. The zero-order chi connectivity index (χ0) is 18.6. The van der Waals surface area contributed by atoms with E-state index in [-0.39, 0.29) is 5.91 Å². The van der Waals surface area contributed by atoms with Crippen molar-refractivity contribution in [2.45, 2.75) is 0 Å². The second-order valence-corrected chi connectivity index (χ2v) is 7.42. The number of thiazole rings is 1. The van der Waals surface area contributed by atoms with Gasteiger partial charge in [0.05, 0.1) is 17.7 Å². The number of ether oxygens (including phenoxy) is 1. The van der Waals surface area contributed by atoms with Crippen LogP contribution in [0.1, 0.15) is 5.56 Å². The van der Waals surface area contributed by atoms with Crippen LogP contribution in [0, 0.1) is 0 Å². The minimum absolute atomic E-state index is 0.118. The minimum Gasteiger partial charge on any atom is -0.496 e. The van der Waals surface area contributed by atoms with Crippen LogP contribution in [-0.4, -0.2) is 23.2 Å². The van der Waals surface area contributed by atoms with Crippen molar-refractivity contribution in [3.8, 4) is 5.75 Å². The zero-order valence-electron chi connectivity index (χ0n) is 14.4. The Morgan fingerprint density at radius 3 is 2.63 bits per heavy atom. The fraction of sp³-hybridized carbons (Fsp3) is 0.0500. The van der Waals surface area contributed by atoms with E-state index in [1.54, 1.807) is 18.2 Å². The van der Waals surface area contributed by atoms with Gasteiger partial charge in [-0.2, -0.15) is 4.99 Å². The van der Waals surface area contributed by atoms with E-state index < -0.39 is 0 Å². The summed E-state index contributed by atoms with van der Waals surface area (Å²) in [5.74, 6) is 0.599. The summed E-state index contributed by atoms with van der Waals surface area (Å²) in [5.41, 5.74) is 1.62. The molecule has 4 rings (SSSR count). The first kappa shape index (κ1) is 17.5. The quantitative estimate of drug-likeness (QED) is 0.588. The molecule has 0 aliphatic carbocycles. The number of anilines is 1. The number of benzene rings is 2. The molecule has 3 aromatic rings. The maximum Gasteiger partial charge on any atom is 0.271 e. The molecule has 0 spiro atoms. The van der Waals surface area contributed by atoms with Crippen LogP contribution in [0.3, 0.4) is 0 Å². The largest absolute Gasteiger partial charge is 0.496 e. The molecule has 0 atom stereocenters. The molecule has 27 heavy (non-hydrogen) atoms. The number of hydrogen-bond acceptors (Lipinski definition) is 6. The summed E-state index contributed by atoms with van der Waals surface area (Å²) in [6, 6.07) is 17.1. The summed E-state index contributed by atoms with van der Waals surface area (Å²) >= 11 is 2.76. The number of aliphatic imine (C=N–C) groups is 1. The number of methoxy groups -OCH3 is 1. The standard InChI is InChI=1S/C20H15N3O2S2/c1-25-16-10-6-5-7-14(16)13-17-18(24)23(15-8-3-2-4-9-15)20(27-17)22-19-21-11-12-26-19/h2-13H,1H3/b17-13-,22-20+. The Hall–Kier alpha value is -2.90. The third-order valence-corrected chi connectivity index (χ3v) is 5.49. The second-order valence-electron chi connectivity index (χ2n) is 5.54. The van der Waals surface area contributed by atoms with Crippen molar-refractivity contribution in [3.05, 3.63) is 76.6 Å². The van der Waals surface area contributed by atoms with Crippen LogP contribution in [0.15, 0.2) is 76.1 Å². The topological polar surface area (TPSA) is 54.8 Å². The van der Waals surface area contributed by atoms with Crippen LogP contribution < -0.4 is 9.64 Å². The number of amidine groups is 1. The lowest BCUT2D eigenvalue weighted by Gasteiger charge is -2.14. The molecule has 5 nitrogen and oxygen atoms in total. The van der Waals surface area contributed by atoms with E-state index in [1.807, 2.05) is 66.1 Å². The zero-order valence-corrected chi connectivity index (χ0v) is 16.0. The molecular formula is C20H15N3O2S2. The first-order valence-electron chi connectivity index (χ1n) is 8.16. The first-order chi connectivity index (χ1) is 13.3. The lowest BCUT2D eigenvalue weighted by atomic mass is 10.2. The smallest absolute Gasteiger partial charge is 0.271 e. The molecule has 0 radical (unpaired) electrons. The Kier molecular flexibility index (Phi) is 5.04. The van der Waals surface area contributed by atoms with Crippen molar-refractivity contribution < 1.29 is 9.53 Å². The Bertz CT molecular complexity index is 1010. The number of nitrogens with zero attached hydrogens (tertiary/aromatic N) is 3. The van der Waals surface area contributed by atoms with Gasteiger partial charge in [-0.25, -0.2) is 4.98 Å². The van der Waals surface area contributed by atoms with Crippen LogP contribution in [-0.2, 0) is 4.79 Å². The fourth-order valence-electron chi connectivity index (χ4n) is 2.63. The third-order valence-electron chi connectivity index (χ3n) is 3.86.